The second-order valence-corrected chi connectivity index (χ2v) is 4.49. The topological polar surface area (TPSA) is 89.2 Å². The molecule has 1 aromatic heterocycles. The SMILES string of the molecule is CN(C(=O)c1c[nH]c(=O)[nH]1)C1CCCCC1O. The number of imidazole rings is 1. The van der Waals surface area contributed by atoms with Crippen LogP contribution in [-0.4, -0.2) is 45.1 Å². The number of carbonyl (C=O) groups is 1. The van der Waals surface area contributed by atoms with Crippen LogP contribution in [0.4, 0.5) is 0 Å². The molecule has 6 nitrogen and oxygen atoms in total. The molecule has 1 heterocycles. The monoisotopic (exact) mass is 239 g/mol. The zero-order valence-corrected chi connectivity index (χ0v) is 9.77. The number of aromatic nitrogens is 2. The fraction of sp³-hybridized carbons (Fsp3) is 0.636. The maximum Gasteiger partial charge on any atom is 0.323 e. The number of amides is 1. The lowest BCUT2D eigenvalue weighted by Gasteiger charge is -2.34. The van der Waals surface area contributed by atoms with E-state index in [9.17, 15) is 14.7 Å². The first-order chi connectivity index (χ1) is 8.09. The van der Waals surface area contributed by atoms with E-state index < -0.39 is 11.8 Å². The Hall–Kier alpha value is -1.56. The predicted molar refractivity (Wildman–Crippen MR) is 61.8 cm³/mol. The third kappa shape index (κ3) is 2.41. The van der Waals surface area contributed by atoms with Gasteiger partial charge < -0.3 is 20.0 Å². The number of rotatable bonds is 2. The molecule has 0 radical (unpaired) electrons. The van der Waals surface area contributed by atoms with Crippen molar-refractivity contribution in [3.05, 3.63) is 22.4 Å². The van der Waals surface area contributed by atoms with E-state index >= 15 is 0 Å². The number of carbonyl (C=O) groups excluding carboxylic acids is 1. The molecule has 2 rings (SSSR count). The molecular weight excluding hydrogens is 222 g/mol. The Balaban J connectivity index is 2.11. The third-order valence-corrected chi connectivity index (χ3v) is 3.34. The minimum absolute atomic E-state index is 0.158. The molecular formula is C11H17N3O3. The molecule has 0 spiro atoms. The maximum atomic E-state index is 12.0. The molecule has 2 unspecified atom stereocenters. The van der Waals surface area contributed by atoms with Crippen molar-refractivity contribution in [2.75, 3.05) is 7.05 Å². The van der Waals surface area contributed by atoms with E-state index in [1.54, 1.807) is 7.05 Å². The van der Waals surface area contributed by atoms with Crippen molar-refractivity contribution in [1.29, 1.82) is 0 Å². The van der Waals surface area contributed by atoms with Gasteiger partial charge >= 0.3 is 5.69 Å². The van der Waals surface area contributed by atoms with E-state index in [1.807, 2.05) is 0 Å². The van der Waals surface area contributed by atoms with Crippen LogP contribution >= 0.6 is 0 Å². The fourth-order valence-corrected chi connectivity index (χ4v) is 2.33. The minimum atomic E-state index is -0.469. The Morgan fingerprint density at radius 2 is 2.18 bits per heavy atom. The molecule has 1 fully saturated rings. The van der Waals surface area contributed by atoms with Gasteiger partial charge in [-0.05, 0) is 12.8 Å². The zero-order chi connectivity index (χ0) is 12.4. The van der Waals surface area contributed by atoms with Crippen LogP contribution in [0.15, 0.2) is 11.0 Å². The Morgan fingerprint density at radius 3 is 2.76 bits per heavy atom. The number of aromatic amines is 2. The molecule has 0 bridgehead atoms. The summed E-state index contributed by atoms with van der Waals surface area (Å²) in [7, 11) is 1.66. The largest absolute Gasteiger partial charge is 0.391 e. The van der Waals surface area contributed by atoms with Crippen LogP contribution in [0.2, 0.25) is 0 Å². The van der Waals surface area contributed by atoms with Crippen molar-refractivity contribution in [2.24, 2.45) is 0 Å². The molecule has 3 N–H and O–H groups in total. The highest BCUT2D eigenvalue weighted by Crippen LogP contribution is 2.23. The summed E-state index contributed by atoms with van der Waals surface area (Å²) >= 11 is 0. The quantitative estimate of drug-likeness (QED) is 0.682. The number of H-pyrrole nitrogens is 2. The van der Waals surface area contributed by atoms with Gasteiger partial charge in [0, 0.05) is 13.2 Å². The van der Waals surface area contributed by atoms with Crippen molar-refractivity contribution in [2.45, 2.75) is 37.8 Å². The number of hydrogen-bond acceptors (Lipinski definition) is 3. The number of aliphatic hydroxyl groups is 1. The van der Waals surface area contributed by atoms with Crippen LogP contribution in [0.1, 0.15) is 36.2 Å². The third-order valence-electron chi connectivity index (χ3n) is 3.34. The van der Waals surface area contributed by atoms with Gasteiger partial charge in [0.25, 0.3) is 5.91 Å². The van der Waals surface area contributed by atoms with Gasteiger partial charge in [-0.15, -0.1) is 0 Å². The lowest BCUT2D eigenvalue weighted by molar-refractivity contribution is 0.0264. The Labute approximate surface area is 98.7 Å². The lowest BCUT2D eigenvalue weighted by atomic mass is 9.91. The van der Waals surface area contributed by atoms with Crippen molar-refractivity contribution < 1.29 is 9.90 Å². The summed E-state index contributed by atoms with van der Waals surface area (Å²) in [5.74, 6) is -0.269. The molecule has 0 saturated heterocycles. The summed E-state index contributed by atoms with van der Waals surface area (Å²) in [6.07, 6.45) is 4.44. The van der Waals surface area contributed by atoms with Gasteiger partial charge in [0.05, 0.1) is 12.1 Å². The van der Waals surface area contributed by atoms with Crippen molar-refractivity contribution in [1.82, 2.24) is 14.9 Å². The van der Waals surface area contributed by atoms with E-state index in [1.165, 1.54) is 11.1 Å². The van der Waals surface area contributed by atoms with Gasteiger partial charge in [-0.1, -0.05) is 12.8 Å². The number of likely N-dealkylation sites (N-methyl/N-ethyl adjacent to an activating group) is 1. The van der Waals surface area contributed by atoms with Crippen LogP contribution in [-0.2, 0) is 0 Å². The van der Waals surface area contributed by atoms with Crippen LogP contribution in [0.3, 0.4) is 0 Å². The Kier molecular flexibility index (Phi) is 3.33. The number of nitrogens with one attached hydrogen (secondary N) is 2. The summed E-state index contributed by atoms with van der Waals surface area (Å²) < 4.78 is 0. The highest BCUT2D eigenvalue weighted by molar-refractivity contribution is 5.92. The van der Waals surface area contributed by atoms with Gasteiger partial charge in [-0.25, -0.2) is 4.79 Å². The Bertz CT molecular complexity index is 451. The molecule has 0 aromatic carbocycles. The number of nitrogens with zero attached hydrogens (tertiary/aromatic N) is 1. The summed E-state index contributed by atoms with van der Waals surface area (Å²) in [6.45, 7) is 0. The molecule has 1 aliphatic rings. The van der Waals surface area contributed by atoms with Crippen LogP contribution in [0.25, 0.3) is 0 Å². The minimum Gasteiger partial charge on any atom is -0.391 e. The average molecular weight is 239 g/mol. The molecule has 2 atom stereocenters. The smallest absolute Gasteiger partial charge is 0.323 e. The van der Waals surface area contributed by atoms with Gasteiger partial charge in [0.2, 0.25) is 0 Å². The van der Waals surface area contributed by atoms with E-state index in [0.29, 0.717) is 0 Å². The van der Waals surface area contributed by atoms with Crippen LogP contribution in [0, 0.1) is 0 Å². The van der Waals surface area contributed by atoms with Gasteiger partial charge in [0.15, 0.2) is 0 Å². The molecule has 94 valence electrons. The van der Waals surface area contributed by atoms with E-state index in [0.717, 1.165) is 25.7 Å². The molecule has 1 aromatic rings. The molecule has 0 aliphatic heterocycles. The van der Waals surface area contributed by atoms with Crippen molar-refractivity contribution >= 4 is 5.91 Å². The molecule has 1 aliphatic carbocycles. The van der Waals surface area contributed by atoms with Gasteiger partial charge in [-0.2, -0.15) is 0 Å². The standard InChI is InChI=1S/C11H17N3O3/c1-14(8-4-2-3-5-9(8)15)10(16)7-6-12-11(17)13-7/h6,8-9,15H,2-5H2,1H3,(H2,12,13,17). The second kappa shape index (κ2) is 4.75. The maximum absolute atomic E-state index is 12.0. The number of hydrogen-bond donors (Lipinski definition) is 3. The highest BCUT2D eigenvalue weighted by atomic mass is 16.3. The fourth-order valence-electron chi connectivity index (χ4n) is 2.33. The van der Waals surface area contributed by atoms with Crippen molar-refractivity contribution in [3.63, 3.8) is 0 Å². The average Bonchev–Trinajstić information content (AvgIpc) is 2.75. The first kappa shape index (κ1) is 11.9. The lowest BCUT2D eigenvalue weighted by Crippen LogP contribution is -2.46. The van der Waals surface area contributed by atoms with E-state index in [-0.39, 0.29) is 17.6 Å². The molecule has 1 saturated carbocycles. The van der Waals surface area contributed by atoms with Crippen molar-refractivity contribution in [3.8, 4) is 0 Å². The zero-order valence-electron chi connectivity index (χ0n) is 9.77. The summed E-state index contributed by atoms with van der Waals surface area (Å²) in [6, 6.07) is -0.158. The first-order valence-corrected chi connectivity index (χ1v) is 5.82. The Morgan fingerprint density at radius 1 is 1.47 bits per heavy atom. The number of aliphatic hydroxyl groups excluding tert-OH is 1. The normalized spacial score (nSPS) is 24.6. The predicted octanol–water partition coefficient (Wildman–Crippen LogP) is 0.0785. The van der Waals surface area contributed by atoms with Gasteiger partial charge in [-0.3, -0.25) is 4.79 Å². The van der Waals surface area contributed by atoms with Crippen LogP contribution in [0.5, 0.6) is 0 Å². The molecule has 6 heteroatoms. The molecule has 1 amide bonds. The second-order valence-electron chi connectivity index (χ2n) is 4.49. The van der Waals surface area contributed by atoms with Crippen LogP contribution < -0.4 is 5.69 Å². The summed E-state index contributed by atoms with van der Waals surface area (Å²) in [5, 5.41) is 9.87. The summed E-state index contributed by atoms with van der Waals surface area (Å²) in [4.78, 5) is 29.3. The first-order valence-electron chi connectivity index (χ1n) is 5.82. The van der Waals surface area contributed by atoms with E-state index in [4.69, 9.17) is 0 Å². The van der Waals surface area contributed by atoms with E-state index in [2.05, 4.69) is 9.97 Å². The summed E-state index contributed by atoms with van der Waals surface area (Å²) in [5.41, 5.74) is -0.166. The highest BCUT2D eigenvalue weighted by Gasteiger charge is 2.30. The van der Waals surface area contributed by atoms with Gasteiger partial charge in [0.1, 0.15) is 5.69 Å². The molecule has 17 heavy (non-hydrogen) atoms.